The van der Waals surface area contributed by atoms with Gasteiger partial charge in [0.2, 0.25) is 0 Å². The van der Waals surface area contributed by atoms with Crippen LogP contribution in [0.2, 0.25) is 5.02 Å². The van der Waals surface area contributed by atoms with Gasteiger partial charge < -0.3 is 14.8 Å². The normalized spacial score (nSPS) is 15.8. The first-order valence-corrected chi connectivity index (χ1v) is 11.6. The number of amides is 1. The van der Waals surface area contributed by atoms with Gasteiger partial charge in [0.25, 0.3) is 5.91 Å². The van der Waals surface area contributed by atoms with Gasteiger partial charge in [-0.25, -0.2) is 4.99 Å². The predicted molar refractivity (Wildman–Crippen MR) is 134 cm³/mol. The van der Waals surface area contributed by atoms with Crippen molar-refractivity contribution in [2.75, 3.05) is 7.11 Å². The summed E-state index contributed by atoms with van der Waals surface area (Å²) >= 11 is 11.1. The highest BCUT2D eigenvalue weighted by Crippen LogP contribution is 2.38. The van der Waals surface area contributed by atoms with E-state index >= 15 is 0 Å². The maximum absolute atomic E-state index is 12.4. The van der Waals surface area contributed by atoms with Crippen molar-refractivity contribution in [1.29, 1.82) is 0 Å². The Balaban J connectivity index is 1.53. The zero-order chi connectivity index (χ0) is 22.5. The van der Waals surface area contributed by atoms with Crippen molar-refractivity contribution in [1.82, 2.24) is 5.32 Å². The van der Waals surface area contributed by atoms with Crippen molar-refractivity contribution in [3.05, 3.63) is 92.3 Å². The van der Waals surface area contributed by atoms with Crippen molar-refractivity contribution in [2.45, 2.75) is 6.61 Å². The molecule has 3 aromatic carbocycles. The van der Waals surface area contributed by atoms with Crippen LogP contribution in [0.25, 0.3) is 6.08 Å². The summed E-state index contributed by atoms with van der Waals surface area (Å²) in [4.78, 5) is 17.4. The summed E-state index contributed by atoms with van der Waals surface area (Å²) in [5.41, 5.74) is 2.50. The summed E-state index contributed by atoms with van der Waals surface area (Å²) in [5.74, 6) is 0.735. The van der Waals surface area contributed by atoms with Gasteiger partial charge in [0.1, 0.15) is 6.61 Å². The number of benzene rings is 3. The number of carbonyl (C=O) groups excluding carboxylic acids is 1. The SMILES string of the molecule is COc1cc(/C=C2\SC(=Nc3ccc(Br)cc3)NC2=O)cc(Cl)c1OCc1ccccc1. The number of ether oxygens (including phenoxy) is 2. The third kappa shape index (κ3) is 5.54. The minimum Gasteiger partial charge on any atom is -0.493 e. The van der Waals surface area contributed by atoms with Gasteiger partial charge >= 0.3 is 0 Å². The lowest BCUT2D eigenvalue weighted by Gasteiger charge is -2.13. The largest absolute Gasteiger partial charge is 0.493 e. The summed E-state index contributed by atoms with van der Waals surface area (Å²) in [5, 5.41) is 3.71. The smallest absolute Gasteiger partial charge is 0.264 e. The van der Waals surface area contributed by atoms with Gasteiger partial charge in [-0.15, -0.1) is 0 Å². The number of nitrogens with zero attached hydrogens (tertiary/aromatic N) is 1. The molecule has 0 bridgehead atoms. The Labute approximate surface area is 203 Å². The van der Waals surface area contributed by atoms with E-state index < -0.39 is 0 Å². The third-order valence-corrected chi connectivity index (χ3v) is 6.20. The summed E-state index contributed by atoms with van der Waals surface area (Å²) in [6.07, 6.45) is 1.75. The Bertz CT molecular complexity index is 1200. The van der Waals surface area contributed by atoms with Crippen LogP contribution in [-0.2, 0) is 11.4 Å². The molecule has 0 saturated carbocycles. The molecular formula is C24H18BrClN2O3S. The molecule has 0 atom stereocenters. The van der Waals surface area contributed by atoms with Crippen LogP contribution in [0, 0.1) is 0 Å². The van der Waals surface area contributed by atoms with Crippen LogP contribution in [-0.4, -0.2) is 18.2 Å². The fraction of sp³-hybridized carbons (Fsp3) is 0.0833. The van der Waals surface area contributed by atoms with Crippen molar-refractivity contribution in [2.24, 2.45) is 4.99 Å². The number of halogens is 2. The van der Waals surface area contributed by atoms with Gasteiger partial charge in [0, 0.05) is 4.47 Å². The molecule has 1 aliphatic rings. The number of nitrogens with one attached hydrogen (secondary N) is 1. The lowest BCUT2D eigenvalue weighted by Crippen LogP contribution is -2.19. The fourth-order valence-corrected chi connectivity index (χ4v) is 4.34. The topological polar surface area (TPSA) is 59.9 Å². The van der Waals surface area contributed by atoms with Gasteiger partial charge in [-0.1, -0.05) is 57.9 Å². The van der Waals surface area contributed by atoms with E-state index in [0.29, 0.717) is 33.2 Å². The first-order valence-electron chi connectivity index (χ1n) is 9.61. The Morgan fingerprint density at radius 2 is 1.88 bits per heavy atom. The molecule has 0 radical (unpaired) electrons. The van der Waals surface area contributed by atoms with E-state index in [4.69, 9.17) is 21.1 Å². The van der Waals surface area contributed by atoms with E-state index in [1.807, 2.05) is 54.6 Å². The standard InChI is InChI=1S/C24H18BrClN2O3S/c1-30-20-12-16(11-19(26)22(20)31-14-15-5-3-2-4-6-15)13-21-23(29)28-24(32-21)27-18-9-7-17(25)8-10-18/h2-13H,14H2,1H3,(H,27,28,29)/b21-13-. The summed E-state index contributed by atoms with van der Waals surface area (Å²) < 4.78 is 12.3. The van der Waals surface area contributed by atoms with E-state index in [0.717, 1.165) is 21.3 Å². The summed E-state index contributed by atoms with van der Waals surface area (Å²) in [6.45, 7) is 0.367. The van der Waals surface area contributed by atoms with Gasteiger partial charge in [-0.2, -0.15) is 0 Å². The molecule has 0 aromatic heterocycles. The lowest BCUT2D eigenvalue weighted by atomic mass is 10.1. The van der Waals surface area contributed by atoms with E-state index in [9.17, 15) is 4.79 Å². The highest BCUT2D eigenvalue weighted by atomic mass is 79.9. The van der Waals surface area contributed by atoms with Gasteiger partial charge in [0.15, 0.2) is 16.7 Å². The van der Waals surface area contributed by atoms with Crippen molar-refractivity contribution in [3.8, 4) is 11.5 Å². The molecule has 0 spiro atoms. The average Bonchev–Trinajstić information content (AvgIpc) is 3.13. The monoisotopic (exact) mass is 528 g/mol. The molecule has 8 heteroatoms. The highest BCUT2D eigenvalue weighted by molar-refractivity contribution is 9.10. The van der Waals surface area contributed by atoms with Gasteiger partial charge in [0.05, 0.1) is 22.7 Å². The quantitative estimate of drug-likeness (QED) is 0.366. The zero-order valence-corrected chi connectivity index (χ0v) is 20.1. The second kappa shape index (κ2) is 10.3. The molecule has 1 fully saturated rings. The van der Waals surface area contributed by atoms with Crippen LogP contribution in [0.15, 0.2) is 81.1 Å². The Morgan fingerprint density at radius 1 is 1.12 bits per heavy atom. The number of thioether (sulfide) groups is 1. The van der Waals surface area contributed by atoms with Crippen LogP contribution in [0.1, 0.15) is 11.1 Å². The number of aliphatic imine (C=N–C) groups is 1. The minimum absolute atomic E-state index is 0.217. The Hall–Kier alpha value is -2.74. The second-order valence-electron chi connectivity index (χ2n) is 6.77. The fourth-order valence-electron chi connectivity index (χ4n) is 2.96. The van der Waals surface area contributed by atoms with Crippen molar-refractivity contribution >= 4 is 62.1 Å². The molecule has 0 unspecified atom stereocenters. The lowest BCUT2D eigenvalue weighted by molar-refractivity contribution is -0.115. The van der Waals surface area contributed by atoms with Crippen molar-refractivity contribution in [3.63, 3.8) is 0 Å². The molecule has 1 saturated heterocycles. The molecule has 162 valence electrons. The average molecular weight is 530 g/mol. The molecule has 1 amide bonds. The molecule has 32 heavy (non-hydrogen) atoms. The maximum Gasteiger partial charge on any atom is 0.264 e. The molecule has 1 N–H and O–H groups in total. The van der Waals surface area contributed by atoms with E-state index in [1.165, 1.54) is 11.8 Å². The number of hydrogen-bond acceptors (Lipinski definition) is 5. The molecule has 0 aliphatic carbocycles. The van der Waals surface area contributed by atoms with Gasteiger partial charge in [-0.05, 0) is 65.4 Å². The molecule has 3 aromatic rings. The molecule has 5 nitrogen and oxygen atoms in total. The number of rotatable bonds is 6. The second-order valence-corrected chi connectivity index (χ2v) is 9.12. The first-order chi connectivity index (χ1) is 15.5. The van der Waals surface area contributed by atoms with Crippen LogP contribution >= 0.6 is 39.3 Å². The molecule has 1 aliphatic heterocycles. The number of carbonyl (C=O) groups is 1. The van der Waals surface area contributed by atoms with E-state index in [1.54, 1.807) is 25.3 Å². The predicted octanol–water partition coefficient (Wildman–Crippen LogP) is 6.58. The number of amidine groups is 1. The number of hydrogen-bond donors (Lipinski definition) is 1. The summed E-state index contributed by atoms with van der Waals surface area (Å²) in [7, 11) is 1.55. The maximum atomic E-state index is 12.4. The van der Waals surface area contributed by atoms with Gasteiger partial charge in [-0.3, -0.25) is 4.79 Å². The molecule has 1 heterocycles. The van der Waals surface area contributed by atoms with E-state index in [2.05, 4.69) is 26.2 Å². The van der Waals surface area contributed by atoms with Crippen molar-refractivity contribution < 1.29 is 14.3 Å². The first kappa shape index (κ1) is 22.5. The van der Waals surface area contributed by atoms with Crippen LogP contribution in [0.3, 0.4) is 0 Å². The molecule has 4 rings (SSSR count). The van der Waals surface area contributed by atoms with Crippen LogP contribution in [0.4, 0.5) is 5.69 Å². The Kier molecular flexibility index (Phi) is 7.19. The Morgan fingerprint density at radius 3 is 2.59 bits per heavy atom. The third-order valence-electron chi connectivity index (χ3n) is 4.48. The summed E-state index contributed by atoms with van der Waals surface area (Å²) in [6, 6.07) is 20.9. The number of methoxy groups -OCH3 is 1. The molecular weight excluding hydrogens is 512 g/mol. The van der Waals surface area contributed by atoms with E-state index in [-0.39, 0.29) is 5.91 Å². The van der Waals surface area contributed by atoms with Crippen LogP contribution in [0.5, 0.6) is 11.5 Å². The minimum atomic E-state index is -0.217. The zero-order valence-electron chi connectivity index (χ0n) is 17.0. The van der Waals surface area contributed by atoms with Crippen LogP contribution < -0.4 is 14.8 Å². The highest BCUT2D eigenvalue weighted by Gasteiger charge is 2.24.